The molecule has 2 heterocycles. The summed E-state index contributed by atoms with van der Waals surface area (Å²) in [5.41, 5.74) is 5.04. The van der Waals surface area contributed by atoms with Crippen molar-refractivity contribution < 1.29 is 23.0 Å². The minimum absolute atomic E-state index is 0.0131. The Hall–Kier alpha value is -2.21. The van der Waals surface area contributed by atoms with Crippen molar-refractivity contribution in [3.05, 3.63) is 70.7 Å². The summed E-state index contributed by atoms with van der Waals surface area (Å²) in [6.45, 7) is 1.51. The Morgan fingerprint density at radius 3 is 2.89 bits per heavy atom. The standard InChI is InChI=1S/C21H22F3NO2/c1-13-10-25-19-9-16(27-12-15(11-26)21(22,23)24)7-6-14(19)8-20(25)18-5-3-2-4-17(13)18/h2-4,6-9,13,15,19,26H,5,10-12H2,1H3. The fraction of sp³-hybridized carbons (Fsp3) is 0.429. The van der Waals surface area contributed by atoms with Crippen molar-refractivity contribution in [1.82, 2.24) is 4.90 Å². The Bertz CT molecular complexity index is 814. The molecule has 0 amide bonds. The summed E-state index contributed by atoms with van der Waals surface area (Å²) in [6.07, 6.45) is 10.5. The number of fused-ring (bicyclic) bond motifs is 4. The van der Waals surface area contributed by atoms with Gasteiger partial charge in [-0.05, 0) is 47.3 Å². The Morgan fingerprint density at radius 2 is 2.15 bits per heavy atom. The van der Waals surface area contributed by atoms with E-state index in [9.17, 15) is 13.2 Å². The van der Waals surface area contributed by atoms with Crippen molar-refractivity contribution in [3.63, 3.8) is 0 Å². The van der Waals surface area contributed by atoms with Gasteiger partial charge in [-0.2, -0.15) is 13.2 Å². The van der Waals surface area contributed by atoms with Crippen LogP contribution in [0.15, 0.2) is 70.7 Å². The maximum atomic E-state index is 12.8. The van der Waals surface area contributed by atoms with E-state index in [1.54, 1.807) is 6.08 Å². The number of hydrogen-bond donors (Lipinski definition) is 1. The van der Waals surface area contributed by atoms with Gasteiger partial charge < -0.3 is 14.7 Å². The van der Waals surface area contributed by atoms with Gasteiger partial charge in [-0.3, -0.25) is 0 Å². The van der Waals surface area contributed by atoms with E-state index in [0.29, 0.717) is 11.7 Å². The second kappa shape index (κ2) is 6.75. The lowest BCUT2D eigenvalue weighted by molar-refractivity contribution is -0.194. The maximum absolute atomic E-state index is 12.8. The molecule has 0 spiro atoms. The predicted octanol–water partition coefficient (Wildman–Crippen LogP) is 4.03. The van der Waals surface area contributed by atoms with Crippen LogP contribution in [0.4, 0.5) is 13.2 Å². The SMILES string of the molecule is CC1CN2C(=C3CC=CC=C31)C=C1C=CC(OCC(CO)C(F)(F)F)=CC12. The highest BCUT2D eigenvalue weighted by Crippen LogP contribution is 2.43. The van der Waals surface area contributed by atoms with Crippen LogP contribution in [0.2, 0.25) is 0 Å². The van der Waals surface area contributed by atoms with Gasteiger partial charge in [0.05, 0.1) is 12.6 Å². The van der Waals surface area contributed by atoms with Crippen LogP contribution in [0.25, 0.3) is 0 Å². The fourth-order valence-corrected chi connectivity index (χ4v) is 4.08. The van der Waals surface area contributed by atoms with Gasteiger partial charge in [-0.1, -0.05) is 31.2 Å². The van der Waals surface area contributed by atoms with Gasteiger partial charge in [0.25, 0.3) is 0 Å². The van der Waals surface area contributed by atoms with Crippen LogP contribution in [0, 0.1) is 11.8 Å². The monoisotopic (exact) mass is 377 g/mol. The lowest BCUT2D eigenvalue weighted by Gasteiger charge is -2.39. The van der Waals surface area contributed by atoms with Gasteiger partial charge in [0.2, 0.25) is 0 Å². The molecule has 3 unspecified atom stereocenters. The Kier molecular flexibility index (Phi) is 4.54. The molecule has 0 saturated heterocycles. The highest BCUT2D eigenvalue weighted by molar-refractivity contribution is 5.56. The summed E-state index contributed by atoms with van der Waals surface area (Å²) < 4.78 is 43.8. The van der Waals surface area contributed by atoms with E-state index >= 15 is 0 Å². The Morgan fingerprint density at radius 1 is 1.33 bits per heavy atom. The molecule has 4 aliphatic rings. The highest BCUT2D eigenvalue weighted by Gasteiger charge is 2.40. The summed E-state index contributed by atoms with van der Waals surface area (Å²) in [7, 11) is 0. The van der Waals surface area contributed by atoms with E-state index in [4.69, 9.17) is 9.84 Å². The van der Waals surface area contributed by atoms with Crippen LogP contribution in [-0.2, 0) is 4.74 Å². The summed E-state index contributed by atoms with van der Waals surface area (Å²) in [4.78, 5) is 2.31. The highest BCUT2D eigenvalue weighted by atomic mass is 19.4. The smallest absolute Gasteiger partial charge is 0.397 e. The van der Waals surface area contributed by atoms with E-state index in [1.807, 2.05) is 12.2 Å². The summed E-state index contributed by atoms with van der Waals surface area (Å²) >= 11 is 0. The number of halogens is 3. The van der Waals surface area contributed by atoms with Crippen LogP contribution in [0.1, 0.15) is 13.3 Å². The van der Waals surface area contributed by atoms with Gasteiger partial charge >= 0.3 is 6.18 Å². The number of aliphatic hydroxyl groups excluding tert-OH is 1. The molecule has 0 radical (unpaired) electrons. The molecule has 0 aromatic carbocycles. The summed E-state index contributed by atoms with van der Waals surface area (Å²) in [6, 6.07) is -0.0131. The van der Waals surface area contributed by atoms with Crippen molar-refractivity contribution in [2.75, 3.05) is 19.8 Å². The molecular formula is C21H22F3NO2. The quantitative estimate of drug-likeness (QED) is 0.803. The zero-order valence-corrected chi connectivity index (χ0v) is 15.0. The predicted molar refractivity (Wildman–Crippen MR) is 96.4 cm³/mol. The van der Waals surface area contributed by atoms with Gasteiger partial charge in [-0.15, -0.1) is 0 Å². The molecule has 6 heteroatoms. The molecule has 144 valence electrons. The van der Waals surface area contributed by atoms with E-state index in [-0.39, 0.29) is 6.04 Å². The number of allylic oxidation sites excluding steroid dienone is 6. The number of rotatable bonds is 4. The number of nitrogens with zero attached hydrogens (tertiary/aromatic N) is 1. The van der Waals surface area contributed by atoms with Gasteiger partial charge in [0.15, 0.2) is 0 Å². The van der Waals surface area contributed by atoms with E-state index in [1.165, 1.54) is 16.8 Å². The van der Waals surface area contributed by atoms with Crippen LogP contribution in [0.3, 0.4) is 0 Å². The summed E-state index contributed by atoms with van der Waals surface area (Å²) in [5.74, 6) is -1.06. The molecule has 0 aromatic rings. The van der Waals surface area contributed by atoms with Crippen LogP contribution >= 0.6 is 0 Å². The molecule has 2 aliphatic heterocycles. The average Bonchev–Trinajstić information content (AvgIpc) is 2.99. The molecule has 4 rings (SSSR count). The second-order valence-corrected chi connectivity index (χ2v) is 7.40. The third kappa shape index (κ3) is 3.27. The van der Waals surface area contributed by atoms with E-state index in [2.05, 4.69) is 36.1 Å². The minimum atomic E-state index is -4.47. The zero-order chi connectivity index (χ0) is 19.2. The molecule has 0 saturated carbocycles. The number of alkyl halides is 3. The minimum Gasteiger partial charge on any atom is -0.493 e. The van der Waals surface area contributed by atoms with Crippen molar-refractivity contribution in [3.8, 4) is 0 Å². The van der Waals surface area contributed by atoms with Crippen molar-refractivity contribution in [1.29, 1.82) is 0 Å². The van der Waals surface area contributed by atoms with Crippen molar-refractivity contribution in [2.24, 2.45) is 11.8 Å². The number of hydrogen-bond acceptors (Lipinski definition) is 3. The normalized spacial score (nSPS) is 27.4. The third-order valence-corrected chi connectivity index (χ3v) is 5.58. The molecule has 1 N–H and O–H groups in total. The van der Waals surface area contributed by atoms with Gasteiger partial charge in [-0.25, -0.2) is 0 Å². The first-order valence-electron chi connectivity index (χ1n) is 9.17. The van der Waals surface area contributed by atoms with Gasteiger partial charge in [0, 0.05) is 12.2 Å². The molecule has 3 atom stereocenters. The number of aliphatic hydroxyl groups is 1. The average molecular weight is 377 g/mol. The lowest BCUT2D eigenvalue weighted by atomic mass is 9.84. The topological polar surface area (TPSA) is 32.7 Å². The molecule has 0 fully saturated rings. The zero-order valence-electron chi connectivity index (χ0n) is 15.0. The van der Waals surface area contributed by atoms with Crippen molar-refractivity contribution in [2.45, 2.75) is 25.6 Å². The Labute approximate surface area is 156 Å². The van der Waals surface area contributed by atoms with Crippen LogP contribution in [0.5, 0.6) is 0 Å². The van der Waals surface area contributed by atoms with Gasteiger partial charge in [0.1, 0.15) is 18.3 Å². The largest absolute Gasteiger partial charge is 0.493 e. The Balaban J connectivity index is 1.54. The molecule has 3 nitrogen and oxygen atoms in total. The summed E-state index contributed by atoms with van der Waals surface area (Å²) in [5, 5.41) is 8.96. The molecule has 27 heavy (non-hydrogen) atoms. The fourth-order valence-electron chi connectivity index (χ4n) is 4.08. The second-order valence-electron chi connectivity index (χ2n) is 7.40. The van der Waals surface area contributed by atoms with E-state index < -0.39 is 25.3 Å². The third-order valence-electron chi connectivity index (χ3n) is 5.58. The number of ether oxygens (including phenoxy) is 1. The molecule has 2 aliphatic carbocycles. The lowest BCUT2D eigenvalue weighted by Crippen LogP contribution is -2.38. The maximum Gasteiger partial charge on any atom is 0.397 e. The van der Waals surface area contributed by atoms with Crippen LogP contribution < -0.4 is 0 Å². The molecule has 0 aromatic heterocycles. The van der Waals surface area contributed by atoms with Crippen LogP contribution in [-0.4, -0.2) is 42.0 Å². The van der Waals surface area contributed by atoms with Crippen molar-refractivity contribution >= 4 is 0 Å². The first-order chi connectivity index (χ1) is 12.9. The first kappa shape index (κ1) is 18.2. The first-order valence-corrected chi connectivity index (χ1v) is 9.17. The van der Waals surface area contributed by atoms with E-state index in [0.717, 1.165) is 18.5 Å². The molecule has 0 bridgehead atoms. The molecular weight excluding hydrogens is 355 g/mol.